The second-order valence-corrected chi connectivity index (χ2v) is 5.79. The first-order valence-electron chi connectivity index (χ1n) is 4.83. The minimum atomic E-state index is -1.21. The highest BCUT2D eigenvalue weighted by molar-refractivity contribution is 7.84. The molecule has 0 radical (unpaired) electrons. The second-order valence-electron chi connectivity index (χ2n) is 3.52. The van der Waals surface area contributed by atoms with Crippen LogP contribution in [0.4, 0.5) is 0 Å². The van der Waals surface area contributed by atoms with Gasteiger partial charge in [0.05, 0.1) is 12.2 Å². The Bertz CT molecular complexity index is 406. The van der Waals surface area contributed by atoms with Crippen molar-refractivity contribution < 1.29 is 14.1 Å². The third-order valence-corrected chi connectivity index (χ3v) is 4.19. The Morgan fingerprint density at radius 2 is 2.12 bits per heavy atom. The van der Waals surface area contributed by atoms with Gasteiger partial charge in [-0.1, -0.05) is 36.7 Å². The molecule has 0 aliphatic heterocycles. The molecule has 16 heavy (non-hydrogen) atoms. The lowest BCUT2D eigenvalue weighted by atomic mass is 10.2. The van der Waals surface area contributed by atoms with Crippen molar-refractivity contribution in [1.82, 2.24) is 0 Å². The predicted molar refractivity (Wildman–Crippen MR) is 65.0 cm³/mol. The third kappa shape index (κ3) is 3.94. The molecule has 88 valence electrons. The molecular weight excluding hydrogens is 248 g/mol. The van der Waals surface area contributed by atoms with E-state index in [9.17, 15) is 9.00 Å². The summed E-state index contributed by atoms with van der Waals surface area (Å²) < 4.78 is 11.8. The lowest BCUT2D eigenvalue weighted by Crippen LogP contribution is -2.17. The van der Waals surface area contributed by atoms with Crippen LogP contribution in [0.25, 0.3) is 0 Å². The highest BCUT2D eigenvalue weighted by Gasteiger charge is 2.16. The highest BCUT2D eigenvalue weighted by atomic mass is 35.5. The summed E-state index contributed by atoms with van der Waals surface area (Å²) in [6, 6.07) is 7.15. The van der Waals surface area contributed by atoms with Crippen LogP contribution in [0.15, 0.2) is 24.3 Å². The maximum absolute atomic E-state index is 11.8. The summed E-state index contributed by atoms with van der Waals surface area (Å²) in [6.45, 7) is 1.67. The summed E-state index contributed by atoms with van der Waals surface area (Å²) in [7, 11) is -1.21. The Hall–Kier alpha value is -0.870. The maximum atomic E-state index is 11.8. The zero-order valence-electron chi connectivity index (χ0n) is 8.85. The molecule has 0 aliphatic carbocycles. The van der Waals surface area contributed by atoms with Gasteiger partial charge >= 0.3 is 5.97 Å². The van der Waals surface area contributed by atoms with E-state index in [2.05, 4.69) is 0 Å². The molecule has 1 aromatic rings. The largest absolute Gasteiger partial charge is 0.481 e. The summed E-state index contributed by atoms with van der Waals surface area (Å²) >= 11 is 5.93. The van der Waals surface area contributed by atoms with Crippen molar-refractivity contribution in [2.24, 2.45) is 0 Å². The average Bonchev–Trinajstić information content (AvgIpc) is 2.20. The molecule has 0 aliphatic rings. The zero-order valence-corrected chi connectivity index (χ0v) is 10.4. The highest BCUT2D eigenvalue weighted by Crippen LogP contribution is 2.18. The van der Waals surface area contributed by atoms with Gasteiger partial charge in [0.15, 0.2) is 0 Å². The van der Waals surface area contributed by atoms with Crippen LogP contribution in [0.1, 0.15) is 18.9 Å². The second kappa shape index (κ2) is 6.01. The van der Waals surface area contributed by atoms with Crippen molar-refractivity contribution in [2.75, 3.05) is 0 Å². The topological polar surface area (TPSA) is 54.4 Å². The van der Waals surface area contributed by atoms with Crippen molar-refractivity contribution in [3.63, 3.8) is 0 Å². The summed E-state index contributed by atoms with van der Waals surface area (Å²) in [5, 5.41) is 8.79. The van der Waals surface area contributed by atoms with Crippen LogP contribution in [-0.4, -0.2) is 20.5 Å². The Balaban J connectivity index is 2.64. The summed E-state index contributed by atoms with van der Waals surface area (Å²) in [5.74, 6) is -0.631. The van der Waals surface area contributed by atoms with E-state index >= 15 is 0 Å². The summed E-state index contributed by atoms with van der Waals surface area (Å²) in [5.41, 5.74) is 0.791. The molecule has 0 aromatic heterocycles. The quantitative estimate of drug-likeness (QED) is 0.885. The minimum absolute atomic E-state index is 0.0862. The zero-order chi connectivity index (χ0) is 12.1. The van der Waals surface area contributed by atoms with Gasteiger partial charge in [-0.2, -0.15) is 0 Å². The molecule has 0 bridgehead atoms. The van der Waals surface area contributed by atoms with E-state index < -0.39 is 16.8 Å². The molecular formula is C11H13ClO3S. The van der Waals surface area contributed by atoms with Crippen molar-refractivity contribution in [3.05, 3.63) is 34.9 Å². The summed E-state index contributed by atoms with van der Waals surface area (Å²) in [4.78, 5) is 10.5. The molecule has 0 heterocycles. The number of hydrogen-bond acceptors (Lipinski definition) is 2. The molecule has 0 saturated carbocycles. The predicted octanol–water partition coefficient (Wildman–Crippen LogP) is 2.45. The van der Waals surface area contributed by atoms with E-state index in [1.165, 1.54) is 0 Å². The van der Waals surface area contributed by atoms with Gasteiger partial charge < -0.3 is 5.11 Å². The van der Waals surface area contributed by atoms with E-state index in [-0.39, 0.29) is 11.7 Å². The van der Waals surface area contributed by atoms with Gasteiger partial charge in [-0.15, -0.1) is 0 Å². The molecule has 3 nitrogen and oxygen atoms in total. The normalized spacial score (nSPS) is 14.4. The number of hydrogen-bond donors (Lipinski definition) is 1. The molecule has 1 N–H and O–H groups in total. The van der Waals surface area contributed by atoms with Crippen molar-refractivity contribution >= 4 is 28.4 Å². The molecule has 5 heteroatoms. The fourth-order valence-corrected chi connectivity index (χ4v) is 2.70. The number of aliphatic carboxylic acids is 1. The first-order chi connectivity index (χ1) is 7.50. The van der Waals surface area contributed by atoms with Crippen LogP contribution >= 0.6 is 11.6 Å². The number of carboxylic acids is 1. The van der Waals surface area contributed by atoms with Gasteiger partial charge in [0.2, 0.25) is 0 Å². The Labute approximate surface area is 102 Å². The number of halogens is 1. The molecule has 1 aromatic carbocycles. The molecule has 0 saturated heterocycles. The van der Waals surface area contributed by atoms with Crippen LogP contribution in [0.2, 0.25) is 5.02 Å². The van der Waals surface area contributed by atoms with Crippen molar-refractivity contribution in [3.8, 4) is 0 Å². The minimum Gasteiger partial charge on any atom is -0.481 e. The van der Waals surface area contributed by atoms with Crippen LogP contribution < -0.4 is 0 Å². The van der Waals surface area contributed by atoms with Crippen molar-refractivity contribution in [2.45, 2.75) is 24.3 Å². The first kappa shape index (κ1) is 13.2. The Morgan fingerprint density at radius 3 is 2.69 bits per heavy atom. The molecule has 0 amide bonds. The van der Waals surface area contributed by atoms with Gasteiger partial charge in [-0.3, -0.25) is 9.00 Å². The fraction of sp³-hybridized carbons (Fsp3) is 0.364. The van der Waals surface area contributed by atoms with E-state index in [1.54, 1.807) is 25.1 Å². The smallest absolute Gasteiger partial charge is 0.304 e. The average molecular weight is 261 g/mol. The fourth-order valence-electron chi connectivity index (χ4n) is 1.25. The van der Waals surface area contributed by atoms with Gasteiger partial charge in [0, 0.05) is 21.1 Å². The van der Waals surface area contributed by atoms with Gasteiger partial charge in [-0.05, 0) is 11.6 Å². The van der Waals surface area contributed by atoms with Crippen LogP contribution in [0.3, 0.4) is 0 Å². The first-order valence-corrected chi connectivity index (χ1v) is 6.59. The van der Waals surface area contributed by atoms with E-state index in [0.717, 1.165) is 5.56 Å². The lowest BCUT2D eigenvalue weighted by molar-refractivity contribution is -0.136. The molecule has 2 unspecified atom stereocenters. The van der Waals surface area contributed by atoms with E-state index in [1.807, 2.05) is 6.07 Å². The van der Waals surface area contributed by atoms with Crippen LogP contribution in [0.5, 0.6) is 0 Å². The molecule has 0 fully saturated rings. The number of rotatable bonds is 5. The number of carbonyl (C=O) groups is 1. The van der Waals surface area contributed by atoms with Crippen LogP contribution in [-0.2, 0) is 21.3 Å². The molecule has 1 rings (SSSR count). The number of carboxylic acid groups (broad SMARTS) is 1. The van der Waals surface area contributed by atoms with E-state index in [0.29, 0.717) is 10.8 Å². The van der Waals surface area contributed by atoms with Crippen molar-refractivity contribution in [1.29, 1.82) is 0 Å². The Morgan fingerprint density at radius 1 is 1.50 bits per heavy atom. The third-order valence-electron chi connectivity index (χ3n) is 2.17. The monoisotopic (exact) mass is 260 g/mol. The molecule has 2 atom stereocenters. The van der Waals surface area contributed by atoms with Gasteiger partial charge in [-0.25, -0.2) is 0 Å². The molecule has 0 spiro atoms. The van der Waals surface area contributed by atoms with Gasteiger partial charge in [0.25, 0.3) is 0 Å². The van der Waals surface area contributed by atoms with E-state index in [4.69, 9.17) is 16.7 Å². The van der Waals surface area contributed by atoms with Crippen LogP contribution in [0, 0.1) is 0 Å². The van der Waals surface area contributed by atoms with Gasteiger partial charge in [0.1, 0.15) is 0 Å². The SMILES string of the molecule is CC(CC(=O)O)S(=O)Cc1ccccc1Cl. The summed E-state index contributed by atoms with van der Waals surface area (Å²) in [6.07, 6.45) is -0.0862. The standard InChI is InChI=1S/C11H13ClO3S/c1-8(6-11(13)14)16(15)7-9-4-2-3-5-10(9)12/h2-5,8H,6-7H2,1H3,(H,13,14). The number of benzene rings is 1. The maximum Gasteiger partial charge on any atom is 0.304 e. The Kier molecular flexibility index (Phi) is 4.96. The lowest BCUT2D eigenvalue weighted by Gasteiger charge is -2.09.